The fraction of sp³-hybridized carbons (Fsp3) is 0.583. The van der Waals surface area contributed by atoms with Crippen LogP contribution in [-0.2, 0) is 0 Å². The summed E-state index contributed by atoms with van der Waals surface area (Å²) in [5.74, 6) is 0.568. The molecule has 0 atom stereocenters. The number of hydrogen-bond donors (Lipinski definition) is 2. The van der Waals surface area contributed by atoms with Crippen LogP contribution in [0.25, 0.3) is 0 Å². The molecule has 1 aliphatic rings. The number of anilines is 1. The van der Waals surface area contributed by atoms with Crippen molar-refractivity contribution in [3.8, 4) is 0 Å². The summed E-state index contributed by atoms with van der Waals surface area (Å²) < 4.78 is 0. The number of nitrogens with one attached hydrogen (secondary N) is 1. The predicted molar refractivity (Wildman–Crippen MR) is 67.5 cm³/mol. The Balaban J connectivity index is 2.02. The van der Waals surface area contributed by atoms with Gasteiger partial charge in [0, 0.05) is 12.1 Å². The van der Waals surface area contributed by atoms with Crippen molar-refractivity contribution in [2.24, 2.45) is 0 Å². The monoisotopic (exact) mass is 251 g/mol. The van der Waals surface area contributed by atoms with Crippen LogP contribution in [0.1, 0.15) is 31.2 Å². The van der Waals surface area contributed by atoms with Gasteiger partial charge in [0.05, 0.1) is 10.5 Å². The number of aliphatic hydroxyl groups is 1. The van der Waals surface area contributed by atoms with Gasteiger partial charge in [-0.15, -0.1) is 0 Å². The molecular formula is C12H17N3O3. The molecule has 1 saturated carbocycles. The van der Waals surface area contributed by atoms with Gasteiger partial charge in [0.25, 0.3) is 5.69 Å². The highest BCUT2D eigenvalue weighted by Gasteiger charge is 2.30. The first-order chi connectivity index (χ1) is 8.50. The summed E-state index contributed by atoms with van der Waals surface area (Å²) in [6.07, 6.45) is 4.93. The molecule has 1 fully saturated rings. The maximum absolute atomic E-state index is 10.7. The third-order valence-electron chi connectivity index (χ3n) is 3.41. The molecule has 0 amide bonds. The van der Waals surface area contributed by atoms with E-state index in [1.54, 1.807) is 13.0 Å². The zero-order valence-corrected chi connectivity index (χ0v) is 10.3. The molecule has 0 unspecified atom stereocenters. The first-order valence-electron chi connectivity index (χ1n) is 6.07. The summed E-state index contributed by atoms with van der Waals surface area (Å²) in [4.78, 5) is 14.2. The fourth-order valence-corrected chi connectivity index (χ4v) is 2.30. The Morgan fingerprint density at radius 1 is 1.56 bits per heavy atom. The van der Waals surface area contributed by atoms with E-state index in [1.165, 1.54) is 6.20 Å². The minimum atomic E-state index is -0.655. The predicted octanol–water partition coefficient (Wildman–Crippen LogP) is 2.02. The number of rotatable bonds is 4. The molecule has 0 saturated heterocycles. The number of hydrogen-bond acceptors (Lipinski definition) is 5. The average Bonchev–Trinajstić information content (AvgIpc) is 2.74. The second-order valence-electron chi connectivity index (χ2n) is 4.90. The lowest BCUT2D eigenvalue weighted by Gasteiger charge is -2.22. The molecule has 0 spiro atoms. The SMILES string of the molecule is Cc1cc(NCC2(O)CCCC2)ncc1[N+](=O)[O-]. The number of aryl methyl sites for hydroxylation is 1. The van der Waals surface area contributed by atoms with Crippen molar-refractivity contribution in [1.82, 2.24) is 4.98 Å². The van der Waals surface area contributed by atoms with E-state index in [-0.39, 0.29) is 5.69 Å². The third-order valence-corrected chi connectivity index (χ3v) is 3.41. The molecule has 0 bridgehead atoms. The second kappa shape index (κ2) is 4.89. The van der Waals surface area contributed by atoms with Gasteiger partial charge in [0.2, 0.25) is 0 Å². The summed E-state index contributed by atoms with van der Waals surface area (Å²) in [5.41, 5.74) is -0.0757. The zero-order chi connectivity index (χ0) is 13.2. The first-order valence-corrected chi connectivity index (χ1v) is 6.07. The average molecular weight is 251 g/mol. The van der Waals surface area contributed by atoms with Crippen molar-refractivity contribution in [3.05, 3.63) is 27.9 Å². The highest BCUT2D eigenvalue weighted by Crippen LogP contribution is 2.29. The minimum Gasteiger partial charge on any atom is -0.388 e. The van der Waals surface area contributed by atoms with Crippen LogP contribution in [-0.4, -0.2) is 27.2 Å². The highest BCUT2D eigenvalue weighted by molar-refractivity contribution is 5.47. The molecule has 18 heavy (non-hydrogen) atoms. The fourth-order valence-electron chi connectivity index (χ4n) is 2.30. The number of nitro groups is 1. The van der Waals surface area contributed by atoms with E-state index < -0.39 is 10.5 Å². The number of aromatic nitrogens is 1. The molecule has 0 radical (unpaired) electrons. The Labute approximate surface area is 105 Å². The lowest BCUT2D eigenvalue weighted by molar-refractivity contribution is -0.385. The Kier molecular flexibility index (Phi) is 3.47. The highest BCUT2D eigenvalue weighted by atomic mass is 16.6. The Morgan fingerprint density at radius 2 is 2.22 bits per heavy atom. The van der Waals surface area contributed by atoms with Gasteiger partial charge in [-0.25, -0.2) is 4.98 Å². The molecule has 0 aliphatic heterocycles. The van der Waals surface area contributed by atoms with Crippen molar-refractivity contribution in [1.29, 1.82) is 0 Å². The molecule has 6 heteroatoms. The van der Waals surface area contributed by atoms with Crippen molar-refractivity contribution >= 4 is 11.5 Å². The van der Waals surface area contributed by atoms with Crippen LogP contribution in [0.4, 0.5) is 11.5 Å². The molecule has 2 N–H and O–H groups in total. The van der Waals surface area contributed by atoms with Crippen LogP contribution in [0.3, 0.4) is 0 Å². The van der Waals surface area contributed by atoms with Crippen LogP contribution in [0.5, 0.6) is 0 Å². The van der Waals surface area contributed by atoms with Crippen LogP contribution < -0.4 is 5.32 Å². The molecule has 6 nitrogen and oxygen atoms in total. The summed E-state index contributed by atoms with van der Waals surface area (Å²) in [6, 6.07) is 1.64. The smallest absolute Gasteiger partial charge is 0.290 e. The first kappa shape index (κ1) is 12.8. The van der Waals surface area contributed by atoms with E-state index in [9.17, 15) is 15.2 Å². The van der Waals surface area contributed by atoms with Gasteiger partial charge in [-0.05, 0) is 25.8 Å². The van der Waals surface area contributed by atoms with Crippen molar-refractivity contribution in [2.75, 3.05) is 11.9 Å². The summed E-state index contributed by atoms with van der Waals surface area (Å²) in [7, 11) is 0. The molecule has 1 aromatic rings. The largest absolute Gasteiger partial charge is 0.388 e. The molecule has 98 valence electrons. The van der Waals surface area contributed by atoms with Gasteiger partial charge >= 0.3 is 0 Å². The lowest BCUT2D eigenvalue weighted by Crippen LogP contribution is -2.33. The van der Waals surface area contributed by atoms with Crippen molar-refractivity contribution in [2.45, 2.75) is 38.2 Å². The van der Waals surface area contributed by atoms with E-state index >= 15 is 0 Å². The number of nitrogens with zero attached hydrogens (tertiary/aromatic N) is 2. The zero-order valence-electron chi connectivity index (χ0n) is 10.3. The van der Waals surface area contributed by atoms with E-state index in [1.807, 2.05) is 0 Å². The minimum absolute atomic E-state index is 0.0140. The van der Waals surface area contributed by atoms with Gasteiger partial charge < -0.3 is 10.4 Å². The summed E-state index contributed by atoms with van der Waals surface area (Å²) in [5, 5.41) is 23.9. The molecule has 1 heterocycles. The topological polar surface area (TPSA) is 88.3 Å². The maximum atomic E-state index is 10.7. The van der Waals surface area contributed by atoms with Gasteiger partial charge in [0.15, 0.2) is 0 Å². The van der Waals surface area contributed by atoms with Gasteiger partial charge in [0.1, 0.15) is 12.0 Å². The van der Waals surface area contributed by atoms with Crippen LogP contribution in [0.2, 0.25) is 0 Å². The maximum Gasteiger partial charge on any atom is 0.290 e. The second-order valence-corrected chi connectivity index (χ2v) is 4.90. The molecule has 1 aliphatic carbocycles. The lowest BCUT2D eigenvalue weighted by atomic mass is 10.0. The summed E-state index contributed by atoms with van der Waals surface area (Å²) >= 11 is 0. The molecule has 0 aromatic carbocycles. The van der Waals surface area contributed by atoms with Gasteiger partial charge in [-0.1, -0.05) is 12.8 Å². The number of pyridine rings is 1. The van der Waals surface area contributed by atoms with Crippen LogP contribution in [0, 0.1) is 17.0 Å². The van der Waals surface area contributed by atoms with Crippen molar-refractivity contribution in [3.63, 3.8) is 0 Å². The third kappa shape index (κ3) is 2.76. The van der Waals surface area contributed by atoms with E-state index in [2.05, 4.69) is 10.3 Å². The molecule has 2 rings (SSSR count). The van der Waals surface area contributed by atoms with Gasteiger partial charge in [-0.2, -0.15) is 0 Å². The Hall–Kier alpha value is -1.69. The normalized spacial score (nSPS) is 17.7. The quantitative estimate of drug-likeness (QED) is 0.631. The van der Waals surface area contributed by atoms with E-state index in [0.717, 1.165) is 25.7 Å². The standard InChI is InChI=1S/C12H17N3O3/c1-9-6-11(13-7-10(9)15(17)18)14-8-12(16)4-2-3-5-12/h6-7,16H,2-5,8H2,1H3,(H,13,14). The van der Waals surface area contributed by atoms with Crippen molar-refractivity contribution < 1.29 is 10.0 Å². The van der Waals surface area contributed by atoms with E-state index in [0.29, 0.717) is 17.9 Å². The Morgan fingerprint density at radius 3 is 2.78 bits per heavy atom. The van der Waals surface area contributed by atoms with Crippen LogP contribution >= 0.6 is 0 Å². The molecule has 1 aromatic heterocycles. The Bertz CT molecular complexity index is 456. The molecular weight excluding hydrogens is 234 g/mol. The van der Waals surface area contributed by atoms with Gasteiger partial charge in [-0.3, -0.25) is 10.1 Å². The summed E-state index contributed by atoms with van der Waals surface area (Å²) in [6.45, 7) is 2.12. The van der Waals surface area contributed by atoms with Crippen LogP contribution in [0.15, 0.2) is 12.3 Å². The van der Waals surface area contributed by atoms with E-state index in [4.69, 9.17) is 0 Å².